The maximum Gasteiger partial charge on any atom is 0.293 e. The van der Waals surface area contributed by atoms with Crippen LogP contribution in [0.1, 0.15) is 18.3 Å². The fourth-order valence-corrected chi connectivity index (χ4v) is 1.08. The van der Waals surface area contributed by atoms with E-state index in [1.165, 1.54) is 0 Å². The van der Waals surface area contributed by atoms with Gasteiger partial charge >= 0.3 is 0 Å². The van der Waals surface area contributed by atoms with E-state index in [4.69, 9.17) is 0 Å². The number of nitrogens with one attached hydrogen (secondary N) is 1. The molecule has 0 spiro atoms. The average molecular weight is 168 g/mol. The molecule has 1 heterocycles. The highest BCUT2D eigenvalue weighted by molar-refractivity contribution is 5.36. The number of H-pyrrole nitrogens is 1. The van der Waals surface area contributed by atoms with E-state index in [9.17, 15) is 4.79 Å². The SMILES string of the molecule is CCc1nc[nH]c1CCOC=O. The first-order valence-corrected chi connectivity index (χ1v) is 3.94. The Kier molecular flexibility index (Phi) is 3.32. The lowest BCUT2D eigenvalue weighted by Crippen LogP contribution is -1.99. The number of nitrogens with zero attached hydrogens (tertiary/aromatic N) is 1. The number of ether oxygens (including phenoxy) is 1. The molecule has 0 aromatic carbocycles. The monoisotopic (exact) mass is 168 g/mol. The summed E-state index contributed by atoms with van der Waals surface area (Å²) in [4.78, 5) is 17.0. The van der Waals surface area contributed by atoms with Gasteiger partial charge in [-0.3, -0.25) is 4.79 Å². The van der Waals surface area contributed by atoms with E-state index in [0.29, 0.717) is 19.5 Å². The normalized spacial score (nSPS) is 9.75. The number of aromatic amines is 1. The number of aryl methyl sites for hydroxylation is 1. The smallest absolute Gasteiger partial charge is 0.293 e. The minimum atomic E-state index is 0.415. The summed E-state index contributed by atoms with van der Waals surface area (Å²) in [6.07, 6.45) is 3.27. The maximum atomic E-state index is 9.84. The minimum absolute atomic E-state index is 0.415. The fourth-order valence-electron chi connectivity index (χ4n) is 1.08. The van der Waals surface area contributed by atoms with Crippen molar-refractivity contribution in [3.05, 3.63) is 17.7 Å². The number of hydrogen-bond donors (Lipinski definition) is 1. The molecule has 66 valence electrons. The number of imidazole rings is 1. The second kappa shape index (κ2) is 4.54. The third-order valence-electron chi connectivity index (χ3n) is 1.68. The van der Waals surface area contributed by atoms with Gasteiger partial charge < -0.3 is 9.72 Å². The predicted octanol–water partition coefficient (Wildman–Crippen LogP) is 0.688. The molecule has 1 aromatic rings. The summed E-state index contributed by atoms with van der Waals surface area (Å²) in [5.41, 5.74) is 2.10. The number of carbonyl (C=O) groups is 1. The third kappa shape index (κ3) is 2.08. The summed E-state index contributed by atoms with van der Waals surface area (Å²) in [5, 5.41) is 0. The standard InChI is InChI=1S/C8H12N2O2/c1-2-7-8(10-5-9-7)3-4-12-6-11/h5-6H,2-4H2,1H3,(H,9,10). The van der Waals surface area contributed by atoms with Crippen molar-refractivity contribution in [3.63, 3.8) is 0 Å². The highest BCUT2D eigenvalue weighted by Gasteiger charge is 2.02. The second-order valence-corrected chi connectivity index (χ2v) is 2.40. The first-order chi connectivity index (χ1) is 5.88. The molecule has 0 atom stereocenters. The Hall–Kier alpha value is -1.32. The first-order valence-electron chi connectivity index (χ1n) is 3.94. The van der Waals surface area contributed by atoms with Gasteiger partial charge in [0.15, 0.2) is 0 Å². The number of carbonyl (C=O) groups excluding carboxylic acids is 1. The van der Waals surface area contributed by atoms with Crippen LogP contribution in [0.3, 0.4) is 0 Å². The molecule has 0 radical (unpaired) electrons. The Morgan fingerprint density at radius 1 is 1.75 bits per heavy atom. The van der Waals surface area contributed by atoms with Gasteiger partial charge in [-0.15, -0.1) is 0 Å². The van der Waals surface area contributed by atoms with Crippen LogP contribution in [0.15, 0.2) is 6.33 Å². The summed E-state index contributed by atoms with van der Waals surface area (Å²) in [7, 11) is 0. The number of aromatic nitrogens is 2. The van der Waals surface area contributed by atoms with Crippen LogP contribution in [0.5, 0.6) is 0 Å². The van der Waals surface area contributed by atoms with Gasteiger partial charge in [0, 0.05) is 12.1 Å². The van der Waals surface area contributed by atoms with Crippen molar-refractivity contribution in [2.24, 2.45) is 0 Å². The molecule has 0 fully saturated rings. The lowest BCUT2D eigenvalue weighted by atomic mass is 10.2. The highest BCUT2D eigenvalue weighted by atomic mass is 16.5. The van der Waals surface area contributed by atoms with E-state index < -0.39 is 0 Å². The van der Waals surface area contributed by atoms with E-state index in [1.54, 1.807) is 6.33 Å². The lowest BCUT2D eigenvalue weighted by molar-refractivity contribution is -0.128. The van der Waals surface area contributed by atoms with Crippen molar-refractivity contribution in [3.8, 4) is 0 Å². The molecule has 1 aromatic heterocycles. The summed E-state index contributed by atoms with van der Waals surface area (Å²) >= 11 is 0. The van der Waals surface area contributed by atoms with Gasteiger partial charge in [-0.05, 0) is 6.42 Å². The summed E-state index contributed by atoms with van der Waals surface area (Å²) < 4.78 is 4.58. The van der Waals surface area contributed by atoms with Gasteiger partial charge in [0.25, 0.3) is 6.47 Å². The van der Waals surface area contributed by atoms with Gasteiger partial charge in [-0.25, -0.2) is 4.98 Å². The van der Waals surface area contributed by atoms with Gasteiger partial charge in [-0.2, -0.15) is 0 Å². The van der Waals surface area contributed by atoms with Crippen molar-refractivity contribution >= 4 is 6.47 Å². The average Bonchev–Trinajstić information content (AvgIpc) is 2.52. The fraction of sp³-hybridized carbons (Fsp3) is 0.500. The predicted molar refractivity (Wildman–Crippen MR) is 43.7 cm³/mol. The number of hydrogen-bond acceptors (Lipinski definition) is 3. The van der Waals surface area contributed by atoms with Crippen LogP contribution in [-0.4, -0.2) is 23.0 Å². The largest absolute Gasteiger partial charge is 0.467 e. The molecule has 1 N–H and O–H groups in total. The van der Waals surface area contributed by atoms with Gasteiger partial charge in [0.05, 0.1) is 18.6 Å². The van der Waals surface area contributed by atoms with Gasteiger partial charge in [-0.1, -0.05) is 6.92 Å². The van der Waals surface area contributed by atoms with Crippen LogP contribution in [0.4, 0.5) is 0 Å². The van der Waals surface area contributed by atoms with Crippen LogP contribution in [0.2, 0.25) is 0 Å². The van der Waals surface area contributed by atoms with E-state index in [1.807, 2.05) is 6.92 Å². The molecular weight excluding hydrogens is 156 g/mol. The quantitative estimate of drug-likeness (QED) is 0.519. The zero-order valence-electron chi connectivity index (χ0n) is 7.04. The van der Waals surface area contributed by atoms with Crippen molar-refractivity contribution < 1.29 is 9.53 Å². The molecular formula is C8H12N2O2. The van der Waals surface area contributed by atoms with Crippen LogP contribution in [-0.2, 0) is 22.4 Å². The molecule has 0 saturated heterocycles. The molecule has 0 bridgehead atoms. The zero-order chi connectivity index (χ0) is 8.81. The van der Waals surface area contributed by atoms with Crippen LogP contribution in [0, 0.1) is 0 Å². The molecule has 4 nitrogen and oxygen atoms in total. The lowest BCUT2D eigenvalue weighted by Gasteiger charge is -1.98. The number of rotatable bonds is 5. The summed E-state index contributed by atoms with van der Waals surface area (Å²) in [6.45, 7) is 2.92. The molecule has 0 unspecified atom stereocenters. The van der Waals surface area contributed by atoms with Crippen LogP contribution >= 0.6 is 0 Å². The third-order valence-corrected chi connectivity index (χ3v) is 1.68. The van der Waals surface area contributed by atoms with Crippen LogP contribution in [0.25, 0.3) is 0 Å². The van der Waals surface area contributed by atoms with E-state index in [2.05, 4.69) is 14.7 Å². The first kappa shape index (κ1) is 8.77. The van der Waals surface area contributed by atoms with Crippen molar-refractivity contribution in [2.75, 3.05) is 6.61 Å². The molecule has 0 aliphatic heterocycles. The van der Waals surface area contributed by atoms with E-state index in [0.717, 1.165) is 17.8 Å². The Bertz CT molecular complexity index is 245. The van der Waals surface area contributed by atoms with Crippen molar-refractivity contribution in [1.29, 1.82) is 0 Å². The molecule has 0 aliphatic rings. The topological polar surface area (TPSA) is 55.0 Å². The molecule has 4 heteroatoms. The summed E-state index contributed by atoms with van der Waals surface area (Å²) in [5.74, 6) is 0. The van der Waals surface area contributed by atoms with E-state index >= 15 is 0 Å². The van der Waals surface area contributed by atoms with Crippen LogP contribution < -0.4 is 0 Å². The van der Waals surface area contributed by atoms with Gasteiger partial charge in [0.2, 0.25) is 0 Å². The Morgan fingerprint density at radius 2 is 2.58 bits per heavy atom. The van der Waals surface area contributed by atoms with Gasteiger partial charge in [0.1, 0.15) is 0 Å². The Balaban J connectivity index is 2.44. The molecule has 1 rings (SSSR count). The van der Waals surface area contributed by atoms with E-state index in [-0.39, 0.29) is 0 Å². The highest BCUT2D eigenvalue weighted by Crippen LogP contribution is 2.03. The zero-order valence-corrected chi connectivity index (χ0v) is 7.04. The molecule has 0 aliphatic carbocycles. The molecule has 0 saturated carbocycles. The molecule has 0 amide bonds. The second-order valence-electron chi connectivity index (χ2n) is 2.40. The Morgan fingerprint density at radius 3 is 3.25 bits per heavy atom. The maximum absolute atomic E-state index is 9.84. The van der Waals surface area contributed by atoms with Crippen molar-refractivity contribution in [2.45, 2.75) is 19.8 Å². The summed E-state index contributed by atoms with van der Waals surface area (Å²) in [6, 6.07) is 0. The minimum Gasteiger partial charge on any atom is -0.467 e. The molecule has 12 heavy (non-hydrogen) atoms. The Labute approximate surface area is 71.0 Å². The van der Waals surface area contributed by atoms with Crippen molar-refractivity contribution in [1.82, 2.24) is 9.97 Å².